The zero-order chi connectivity index (χ0) is 16.2. The number of hydrogen-bond acceptors (Lipinski definition) is 6. The first-order valence-corrected chi connectivity index (χ1v) is 9.21. The molecule has 3 N–H and O–H groups in total. The number of rotatable bonds is 6. The smallest absolute Gasteiger partial charge is 0.267 e. The van der Waals surface area contributed by atoms with Gasteiger partial charge >= 0.3 is 0 Å². The van der Waals surface area contributed by atoms with Gasteiger partial charge in [0.05, 0.1) is 0 Å². The standard InChI is InChI=1S/C14H26N4OS2/c1-7-9(8-20-6)18(5)12(19)10-11(15)16-13(21-10)17-14(2,3)4/h9H,7-8,15H2,1-6H3,(H,16,17). The summed E-state index contributed by atoms with van der Waals surface area (Å²) in [4.78, 5) is 19.2. The summed E-state index contributed by atoms with van der Waals surface area (Å²) in [6.45, 7) is 8.23. The number of nitrogens with two attached hydrogens (primary N) is 1. The van der Waals surface area contributed by atoms with E-state index in [0.29, 0.717) is 15.8 Å². The Kier molecular flexibility index (Phi) is 6.34. The number of carbonyl (C=O) groups is 1. The van der Waals surface area contributed by atoms with Crippen LogP contribution in [0.25, 0.3) is 0 Å². The minimum absolute atomic E-state index is 0.0483. The van der Waals surface area contributed by atoms with E-state index in [9.17, 15) is 4.79 Å². The van der Waals surface area contributed by atoms with E-state index in [4.69, 9.17) is 5.73 Å². The molecule has 5 nitrogen and oxygen atoms in total. The molecule has 0 saturated carbocycles. The molecule has 1 amide bonds. The Labute approximate surface area is 135 Å². The molecular weight excluding hydrogens is 304 g/mol. The second-order valence-corrected chi connectivity index (χ2v) is 7.95. The summed E-state index contributed by atoms with van der Waals surface area (Å²) < 4.78 is 0. The van der Waals surface area contributed by atoms with E-state index < -0.39 is 0 Å². The first-order chi connectivity index (χ1) is 9.69. The van der Waals surface area contributed by atoms with Crippen LogP contribution in [0.15, 0.2) is 0 Å². The van der Waals surface area contributed by atoms with E-state index in [1.165, 1.54) is 11.3 Å². The lowest BCUT2D eigenvalue weighted by Gasteiger charge is -2.26. The summed E-state index contributed by atoms with van der Waals surface area (Å²) in [5, 5.41) is 3.95. The molecule has 1 unspecified atom stereocenters. The van der Waals surface area contributed by atoms with Crippen molar-refractivity contribution in [2.24, 2.45) is 0 Å². The molecule has 0 aliphatic carbocycles. The van der Waals surface area contributed by atoms with Gasteiger partial charge in [0.25, 0.3) is 5.91 Å². The highest BCUT2D eigenvalue weighted by atomic mass is 32.2. The van der Waals surface area contributed by atoms with Crippen LogP contribution in [-0.2, 0) is 0 Å². The Morgan fingerprint density at radius 3 is 2.62 bits per heavy atom. The van der Waals surface area contributed by atoms with Crippen molar-refractivity contribution in [3.05, 3.63) is 4.88 Å². The van der Waals surface area contributed by atoms with Crippen molar-refractivity contribution in [1.29, 1.82) is 0 Å². The third-order valence-electron chi connectivity index (χ3n) is 3.03. The number of nitrogen functional groups attached to an aromatic ring is 1. The van der Waals surface area contributed by atoms with Gasteiger partial charge in [-0.3, -0.25) is 4.79 Å². The lowest BCUT2D eigenvalue weighted by molar-refractivity contribution is 0.0749. The highest BCUT2D eigenvalue weighted by Crippen LogP contribution is 2.29. The minimum atomic E-state index is -0.110. The first-order valence-electron chi connectivity index (χ1n) is 7.00. The zero-order valence-electron chi connectivity index (χ0n) is 13.7. The summed E-state index contributed by atoms with van der Waals surface area (Å²) in [6, 6.07) is 0.216. The number of aromatic nitrogens is 1. The van der Waals surface area contributed by atoms with Crippen LogP contribution in [0.4, 0.5) is 10.9 Å². The van der Waals surface area contributed by atoms with Gasteiger partial charge in [-0.05, 0) is 33.4 Å². The molecule has 120 valence electrons. The highest BCUT2D eigenvalue weighted by Gasteiger charge is 2.25. The predicted molar refractivity (Wildman–Crippen MR) is 94.5 cm³/mol. The van der Waals surface area contributed by atoms with Gasteiger partial charge in [-0.25, -0.2) is 4.98 Å². The third-order valence-corrected chi connectivity index (χ3v) is 4.72. The number of hydrogen-bond donors (Lipinski definition) is 2. The summed E-state index contributed by atoms with van der Waals surface area (Å²) in [7, 11) is 1.84. The number of carbonyl (C=O) groups excluding carboxylic acids is 1. The van der Waals surface area contributed by atoms with Crippen molar-refractivity contribution in [3.8, 4) is 0 Å². The molecule has 0 aliphatic rings. The quantitative estimate of drug-likeness (QED) is 0.838. The van der Waals surface area contributed by atoms with Crippen molar-refractivity contribution < 1.29 is 4.79 Å². The normalized spacial score (nSPS) is 13.0. The van der Waals surface area contributed by atoms with Crippen LogP contribution in [0.2, 0.25) is 0 Å². The molecule has 1 atom stereocenters. The molecule has 0 bridgehead atoms. The molecule has 0 aromatic carbocycles. The van der Waals surface area contributed by atoms with E-state index in [0.717, 1.165) is 12.2 Å². The maximum atomic E-state index is 12.6. The Morgan fingerprint density at radius 2 is 2.14 bits per heavy atom. The third kappa shape index (κ3) is 5.07. The molecule has 0 radical (unpaired) electrons. The van der Waals surface area contributed by atoms with Gasteiger partial charge in [0.2, 0.25) is 0 Å². The number of nitrogens with one attached hydrogen (secondary N) is 1. The fourth-order valence-electron chi connectivity index (χ4n) is 1.88. The van der Waals surface area contributed by atoms with Gasteiger partial charge < -0.3 is 16.0 Å². The van der Waals surface area contributed by atoms with Crippen LogP contribution >= 0.6 is 23.1 Å². The predicted octanol–water partition coefficient (Wildman–Crippen LogP) is 3.15. The van der Waals surface area contributed by atoms with E-state index >= 15 is 0 Å². The minimum Gasteiger partial charge on any atom is -0.382 e. The molecule has 0 spiro atoms. The van der Waals surface area contributed by atoms with Crippen molar-refractivity contribution in [2.45, 2.75) is 45.7 Å². The number of thiazole rings is 1. The van der Waals surface area contributed by atoms with Crippen molar-refractivity contribution in [2.75, 3.05) is 30.1 Å². The van der Waals surface area contributed by atoms with Crippen LogP contribution in [0.3, 0.4) is 0 Å². The molecule has 7 heteroatoms. The van der Waals surface area contributed by atoms with E-state index in [-0.39, 0.29) is 17.5 Å². The lowest BCUT2D eigenvalue weighted by Crippen LogP contribution is -2.38. The molecule has 1 aromatic rings. The fourth-order valence-corrected chi connectivity index (χ4v) is 3.80. The van der Waals surface area contributed by atoms with E-state index in [2.05, 4.69) is 17.2 Å². The van der Waals surface area contributed by atoms with Gasteiger partial charge in [0, 0.05) is 24.4 Å². The Bertz CT molecular complexity index is 482. The fraction of sp³-hybridized carbons (Fsp3) is 0.714. The summed E-state index contributed by atoms with van der Waals surface area (Å²) in [5.41, 5.74) is 5.81. The second-order valence-electron chi connectivity index (χ2n) is 6.04. The first kappa shape index (κ1) is 18.1. The molecule has 1 rings (SSSR count). The molecule has 1 aromatic heterocycles. The number of thioether (sulfide) groups is 1. The van der Waals surface area contributed by atoms with Crippen LogP contribution in [-0.4, -0.2) is 46.4 Å². The molecule has 21 heavy (non-hydrogen) atoms. The Hall–Kier alpha value is -0.950. The summed E-state index contributed by atoms with van der Waals surface area (Å²) in [5.74, 6) is 1.18. The summed E-state index contributed by atoms with van der Waals surface area (Å²) in [6.07, 6.45) is 2.97. The lowest BCUT2D eigenvalue weighted by atomic mass is 10.1. The molecular formula is C14H26N4OS2. The molecule has 1 heterocycles. The second kappa shape index (κ2) is 7.35. The highest BCUT2D eigenvalue weighted by molar-refractivity contribution is 7.98. The molecule has 0 saturated heterocycles. The van der Waals surface area contributed by atoms with Gasteiger partial charge in [-0.1, -0.05) is 18.3 Å². The van der Waals surface area contributed by atoms with Gasteiger partial charge in [0.1, 0.15) is 10.7 Å². The van der Waals surface area contributed by atoms with Crippen LogP contribution in [0, 0.1) is 0 Å². The van der Waals surface area contributed by atoms with Gasteiger partial charge in [0.15, 0.2) is 5.13 Å². The average molecular weight is 331 g/mol. The summed E-state index contributed by atoms with van der Waals surface area (Å²) >= 11 is 3.07. The molecule has 0 aliphatic heterocycles. The number of anilines is 2. The number of nitrogens with zero attached hydrogens (tertiary/aromatic N) is 2. The zero-order valence-corrected chi connectivity index (χ0v) is 15.3. The van der Waals surface area contributed by atoms with E-state index in [1.807, 2.05) is 34.1 Å². The maximum Gasteiger partial charge on any atom is 0.267 e. The SMILES string of the molecule is CCC(CSC)N(C)C(=O)c1sc(NC(C)(C)C)nc1N. The van der Waals surface area contributed by atoms with Crippen LogP contribution in [0.1, 0.15) is 43.8 Å². The maximum absolute atomic E-state index is 12.6. The van der Waals surface area contributed by atoms with Crippen LogP contribution < -0.4 is 11.1 Å². The van der Waals surface area contributed by atoms with Crippen molar-refractivity contribution in [3.63, 3.8) is 0 Å². The van der Waals surface area contributed by atoms with Gasteiger partial charge in [-0.15, -0.1) is 0 Å². The molecule has 0 fully saturated rings. The van der Waals surface area contributed by atoms with Crippen molar-refractivity contribution in [1.82, 2.24) is 9.88 Å². The van der Waals surface area contributed by atoms with Crippen molar-refractivity contribution >= 4 is 40.0 Å². The van der Waals surface area contributed by atoms with E-state index in [1.54, 1.807) is 16.7 Å². The Morgan fingerprint density at radius 1 is 1.52 bits per heavy atom. The largest absolute Gasteiger partial charge is 0.382 e. The van der Waals surface area contributed by atoms with Crippen LogP contribution in [0.5, 0.6) is 0 Å². The van der Waals surface area contributed by atoms with Gasteiger partial charge in [-0.2, -0.15) is 11.8 Å². The topological polar surface area (TPSA) is 71.2 Å². The number of amides is 1. The average Bonchev–Trinajstić information content (AvgIpc) is 2.72. The monoisotopic (exact) mass is 330 g/mol. The Balaban J connectivity index is 2.92.